The van der Waals surface area contributed by atoms with Crippen LogP contribution in [-0.2, 0) is 13.6 Å². The lowest BCUT2D eigenvalue weighted by molar-refractivity contribution is 0.0952. The summed E-state index contributed by atoms with van der Waals surface area (Å²) < 4.78 is 2.00. The van der Waals surface area contributed by atoms with E-state index in [1.54, 1.807) is 0 Å². The number of aromatic nitrogens is 2. The average Bonchev–Trinajstić information content (AvgIpc) is 2.91. The maximum absolute atomic E-state index is 12.8. The van der Waals surface area contributed by atoms with Gasteiger partial charge in [0.1, 0.15) is 0 Å². The molecule has 1 aromatic carbocycles. The predicted octanol–water partition coefficient (Wildman–Crippen LogP) is 3.54. The highest BCUT2D eigenvalue weighted by Gasteiger charge is 2.17. The first-order chi connectivity index (χ1) is 12.3. The summed E-state index contributed by atoms with van der Waals surface area (Å²) in [6.07, 6.45) is 2.08. The molecule has 2 aromatic heterocycles. The number of hydrogen-bond donors (Lipinski definition) is 2. The Morgan fingerprint density at radius 1 is 1.27 bits per heavy atom. The number of hydrogen-bond acceptors (Lipinski definition) is 2. The van der Waals surface area contributed by atoms with Crippen LogP contribution in [0, 0.1) is 13.8 Å². The molecule has 0 spiro atoms. The first-order valence-electron chi connectivity index (χ1n) is 8.85. The molecule has 26 heavy (non-hydrogen) atoms. The van der Waals surface area contributed by atoms with Crippen LogP contribution in [-0.4, -0.2) is 15.5 Å². The van der Waals surface area contributed by atoms with Crippen LogP contribution < -0.4 is 10.9 Å². The highest BCUT2D eigenvalue weighted by atomic mass is 16.1. The molecule has 3 rings (SSSR count). The predicted molar refractivity (Wildman–Crippen MR) is 105 cm³/mol. The van der Waals surface area contributed by atoms with Crippen LogP contribution in [0.1, 0.15) is 52.5 Å². The molecule has 3 aromatic rings. The number of nitrogens with one attached hydrogen (secondary N) is 2. The number of rotatable bonds is 4. The summed E-state index contributed by atoms with van der Waals surface area (Å²) in [7, 11) is 1.96. The van der Waals surface area contributed by atoms with Crippen molar-refractivity contribution in [3.63, 3.8) is 0 Å². The number of aryl methyl sites for hydroxylation is 3. The number of para-hydroxylation sites is 1. The van der Waals surface area contributed by atoms with Crippen LogP contribution in [0.3, 0.4) is 0 Å². The summed E-state index contributed by atoms with van der Waals surface area (Å²) in [5, 5.41) is 4.00. The van der Waals surface area contributed by atoms with Crippen LogP contribution in [0.15, 0.2) is 35.3 Å². The van der Waals surface area contributed by atoms with E-state index in [0.717, 1.165) is 22.2 Å². The van der Waals surface area contributed by atoms with Crippen molar-refractivity contribution in [3.05, 3.63) is 68.8 Å². The second-order valence-corrected chi connectivity index (χ2v) is 7.18. The lowest BCUT2D eigenvalue weighted by atomic mass is 10.0. The van der Waals surface area contributed by atoms with Crippen molar-refractivity contribution >= 4 is 16.8 Å². The topological polar surface area (TPSA) is 66.9 Å². The van der Waals surface area contributed by atoms with Crippen molar-refractivity contribution in [2.24, 2.45) is 7.05 Å². The fraction of sp³-hybridized carbons (Fsp3) is 0.333. The number of carbonyl (C=O) groups excluding carboxylic acids is 1. The number of nitrogens with zero attached hydrogens (tertiary/aromatic N) is 1. The van der Waals surface area contributed by atoms with Crippen LogP contribution in [0.5, 0.6) is 0 Å². The van der Waals surface area contributed by atoms with E-state index < -0.39 is 0 Å². The average molecular weight is 351 g/mol. The van der Waals surface area contributed by atoms with Crippen molar-refractivity contribution in [2.45, 2.75) is 40.2 Å². The third-order valence-corrected chi connectivity index (χ3v) is 4.82. The summed E-state index contributed by atoms with van der Waals surface area (Å²) in [6.45, 7) is 8.23. The van der Waals surface area contributed by atoms with Crippen molar-refractivity contribution in [2.75, 3.05) is 0 Å². The lowest BCUT2D eigenvalue weighted by Crippen LogP contribution is -2.28. The second-order valence-electron chi connectivity index (χ2n) is 7.18. The van der Waals surface area contributed by atoms with Gasteiger partial charge in [-0.15, -0.1) is 0 Å². The van der Waals surface area contributed by atoms with E-state index in [0.29, 0.717) is 17.0 Å². The van der Waals surface area contributed by atoms with Gasteiger partial charge < -0.3 is 14.9 Å². The third-order valence-electron chi connectivity index (χ3n) is 4.82. The maximum Gasteiger partial charge on any atom is 0.253 e. The molecular weight excluding hydrogens is 326 g/mol. The van der Waals surface area contributed by atoms with E-state index in [2.05, 4.69) is 36.4 Å². The molecule has 0 bridgehead atoms. The van der Waals surface area contributed by atoms with E-state index >= 15 is 0 Å². The van der Waals surface area contributed by atoms with E-state index in [1.807, 2.05) is 43.7 Å². The van der Waals surface area contributed by atoms with Gasteiger partial charge in [0.2, 0.25) is 0 Å². The molecule has 0 unspecified atom stereocenters. The lowest BCUT2D eigenvalue weighted by Gasteiger charge is -2.10. The Labute approximate surface area is 153 Å². The summed E-state index contributed by atoms with van der Waals surface area (Å²) in [5.41, 5.74) is 4.90. The van der Waals surface area contributed by atoms with Crippen LogP contribution in [0.4, 0.5) is 0 Å². The van der Waals surface area contributed by atoms with Crippen LogP contribution >= 0.6 is 0 Å². The van der Waals surface area contributed by atoms with Crippen molar-refractivity contribution in [1.29, 1.82) is 0 Å². The molecule has 5 nitrogen and oxygen atoms in total. The largest absolute Gasteiger partial charge is 0.350 e. The van der Waals surface area contributed by atoms with E-state index in [9.17, 15) is 9.59 Å². The zero-order valence-corrected chi connectivity index (χ0v) is 15.9. The highest BCUT2D eigenvalue weighted by Crippen LogP contribution is 2.29. The summed E-state index contributed by atoms with van der Waals surface area (Å²) >= 11 is 0. The van der Waals surface area contributed by atoms with Gasteiger partial charge in [0.25, 0.3) is 11.5 Å². The van der Waals surface area contributed by atoms with Gasteiger partial charge in [-0.3, -0.25) is 9.59 Å². The number of aromatic amines is 1. The number of amides is 1. The molecule has 0 radical (unpaired) electrons. The smallest absolute Gasteiger partial charge is 0.253 e. The molecule has 0 aliphatic heterocycles. The Morgan fingerprint density at radius 3 is 2.65 bits per heavy atom. The Kier molecular flexibility index (Phi) is 4.72. The molecule has 0 fully saturated rings. The molecule has 2 N–H and O–H groups in total. The van der Waals surface area contributed by atoms with Crippen LogP contribution in [0.25, 0.3) is 10.9 Å². The standard InChI is InChI=1S/C21H25N3O2/c1-12(2)18-11-24(5)19-15(18)7-6-8-16(19)20(25)22-10-17-13(3)9-14(4)23-21(17)26/h6-9,11-12H,10H2,1-5H3,(H,22,25)(H,23,26). The molecule has 0 atom stereocenters. The van der Waals surface area contributed by atoms with Gasteiger partial charge in [0, 0.05) is 36.4 Å². The van der Waals surface area contributed by atoms with Gasteiger partial charge in [-0.05, 0) is 43.0 Å². The summed E-state index contributed by atoms with van der Waals surface area (Å²) in [4.78, 5) is 27.7. The van der Waals surface area contributed by atoms with E-state index in [1.165, 1.54) is 5.56 Å². The maximum atomic E-state index is 12.8. The highest BCUT2D eigenvalue weighted by molar-refractivity contribution is 6.06. The number of H-pyrrole nitrogens is 1. The van der Waals surface area contributed by atoms with Gasteiger partial charge in [-0.2, -0.15) is 0 Å². The molecule has 1 amide bonds. The molecule has 136 valence electrons. The Balaban J connectivity index is 1.93. The minimum atomic E-state index is -0.175. The summed E-state index contributed by atoms with van der Waals surface area (Å²) in [5.74, 6) is 0.206. The molecule has 0 saturated carbocycles. The minimum Gasteiger partial charge on any atom is -0.350 e. The monoisotopic (exact) mass is 351 g/mol. The Bertz CT molecular complexity index is 1040. The van der Waals surface area contributed by atoms with Gasteiger partial charge in [0.05, 0.1) is 11.1 Å². The van der Waals surface area contributed by atoms with Crippen LogP contribution in [0.2, 0.25) is 0 Å². The molecule has 0 aliphatic rings. The van der Waals surface area contributed by atoms with E-state index in [4.69, 9.17) is 0 Å². The van der Waals surface area contributed by atoms with Gasteiger partial charge >= 0.3 is 0 Å². The third kappa shape index (κ3) is 3.17. The SMILES string of the molecule is Cc1cc(C)c(CNC(=O)c2cccc3c(C(C)C)cn(C)c23)c(=O)[nH]1. The first-order valence-corrected chi connectivity index (χ1v) is 8.85. The van der Waals surface area contributed by atoms with Gasteiger partial charge in [0.15, 0.2) is 0 Å². The minimum absolute atomic E-state index is 0.151. The quantitative estimate of drug-likeness (QED) is 0.755. The number of fused-ring (bicyclic) bond motifs is 1. The zero-order valence-electron chi connectivity index (χ0n) is 15.9. The number of pyridine rings is 1. The zero-order chi connectivity index (χ0) is 19.0. The molecule has 2 heterocycles. The summed E-state index contributed by atoms with van der Waals surface area (Å²) in [6, 6.07) is 7.70. The normalized spacial score (nSPS) is 11.3. The molecule has 5 heteroatoms. The van der Waals surface area contributed by atoms with Gasteiger partial charge in [-0.25, -0.2) is 0 Å². The molecule has 0 saturated heterocycles. The van der Waals surface area contributed by atoms with Crippen molar-refractivity contribution in [3.8, 4) is 0 Å². The Hall–Kier alpha value is -2.82. The van der Waals surface area contributed by atoms with Crippen molar-refractivity contribution in [1.82, 2.24) is 14.9 Å². The Morgan fingerprint density at radius 2 is 2.00 bits per heavy atom. The molecular formula is C21H25N3O2. The van der Waals surface area contributed by atoms with E-state index in [-0.39, 0.29) is 18.0 Å². The second kappa shape index (κ2) is 6.83. The number of carbonyl (C=O) groups is 1. The number of benzene rings is 1. The fourth-order valence-electron chi connectivity index (χ4n) is 3.51. The van der Waals surface area contributed by atoms with Gasteiger partial charge in [-0.1, -0.05) is 26.0 Å². The fourth-order valence-corrected chi connectivity index (χ4v) is 3.51. The van der Waals surface area contributed by atoms with Crippen molar-refractivity contribution < 1.29 is 4.79 Å². The first kappa shape index (κ1) is 18.0. The molecule has 0 aliphatic carbocycles.